The molecule has 0 aromatic heterocycles. The molecule has 2 aliphatic rings. The zero-order chi connectivity index (χ0) is 10.0. The number of rotatable bonds is 3. The van der Waals surface area contributed by atoms with Crippen molar-refractivity contribution in [3.8, 4) is 0 Å². The van der Waals surface area contributed by atoms with E-state index in [0.717, 1.165) is 13.2 Å². The molecular weight excluding hydrogens is 178 g/mol. The maximum absolute atomic E-state index is 5.69. The molecule has 2 fully saturated rings. The Kier molecular flexibility index (Phi) is 3.10. The van der Waals surface area contributed by atoms with Gasteiger partial charge in [0.25, 0.3) is 0 Å². The van der Waals surface area contributed by atoms with Gasteiger partial charge in [-0.15, -0.1) is 0 Å². The van der Waals surface area contributed by atoms with Gasteiger partial charge in [-0.3, -0.25) is 4.84 Å². The van der Waals surface area contributed by atoms with Crippen molar-refractivity contribution in [2.45, 2.75) is 51.7 Å². The van der Waals surface area contributed by atoms with Crippen molar-refractivity contribution in [2.24, 2.45) is 5.41 Å². The van der Waals surface area contributed by atoms with Gasteiger partial charge in [0.15, 0.2) is 0 Å². The molecule has 1 saturated heterocycles. The molecule has 1 atom stereocenters. The second kappa shape index (κ2) is 4.17. The molecule has 0 spiro atoms. The van der Waals surface area contributed by atoms with Crippen molar-refractivity contribution >= 4 is 0 Å². The van der Waals surface area contributed by atoms with Crippen LogP contribution >= 0.6 is 0 Å². The third-order valence-corrected chi connectivity index (χ3v) is 3.38. The van der Waals surface area contributed by atoms with E-state index in [9.17, 15) is 0 Å². The fourth-order valence-corrected chi connectivity index (χ4v) is 2.14. The molecule has 1 aliphatic heterocycles. The maximum atomic E-state index is 5.69. The highest BCUT2D eigenvalue weighted by atomic mass is 16.7. The topological polar surface area (TPSA) is 30.5 Å². The first-order valence-electron chi connectivity index (χ1n) is 5.67. The fraction of sp³-hybridized carbons (Fsp3) is 1.00. The van der Waals surface area contributed by atoms with Crippen LogP contribution in [0, 0.1) is 5.41 Å². The summed E-state index contributed by atoms with van der Waals surface area (Å²) in [6.45, 7) is 6.05. The van der Waals surface area contributed by atoms with E-state index in [1.807, 2.05) is 0 Å². The highest BCUT2D eigenvalue weighted by Gasteiger charge is 2.36. The summed E-state index contributed by atoms with van der Waals surface area (Å²) in [6, 6.07) is 0.350. The van der Waals surface area contributed by atoms with Crippen molar-refractivity contribution in [2.75, 3.05) is 13.2 Å². The van der Waals surface area contributed by atoms with Crippen LogP contribution in [0.2, 0.25) is 0 Å². The molecule has 1 aliphatic carbocycles. The summed E-state index contributed by atoms with van der Waals surface area (Å²) in [5.74, 6) is 0. The van der Waals surface area contributed by atoms with E-state index in [2.05, 4.69) is 19.3 Å². The number of nitrogens with one attached hydrogen (secondary N) is 1. The predicted molar refractivity (Wildman–Crippen MR) is 54.9 cm³/mol. The minimum absolute atomic E-state index is 0.207. The van der Waals surface area contributed by atoms with Gasteiger partial charge in [-0.1, -0.05) is 26.7 Å². The van der Waals surface area contributed by atoms with Crippen molar-refractivity contribution in [3.63, 3.8) is 0 Å². The Morgan fingerprint density at radius 3 is 2.57 bits per heavy atom. The molecule has 2 rings (SSSR count). The van der Waals surface area contributed by atoms with Crippen LogP contribution in [0.1, 0.15) is 39.5 Å². The highest BCUT2D eigenvalue weighted by Crippen LogP contribution is 2.28. The number of hydrogen-bond acceptors (Lipinski definition) is 3. The van der Waals surface area contributed by atoms with Gasteiger partial charge in [0.2, 0.25) is 0 Å². The summed E-state index contributed by atoms with van der Waals surface area (Å²) in [4.78, 5) is 5.69. The molecule has 0 aromatic carbocycles. The van der Waals surface area contributed by atoms with Gasteiger partial charge in [0.05, 0.1) is 25.4 Å². The quantitative estimate of drug-likeness (QED) is 0.704. The molecule has 3 nitrogen and oxygen atoms in total. The summed E-state index contributed by atoms with van der Waals surface area (Å²) in [7, 11) is 0. The SMILES string of the molecule is CC1(C)COCC1NOC1CCCC1. The van der Waals surface area contributed by atoms with Gasteiger partial charge in [-0.2, -0.15) is 5.48 Å². The molecule has 14 heavy (non-hydrogen) atoms. The van der Waals surface area contributed by atoms with Gasteiger partial charge in [0.1, 0.15) is 0 Å². The molecule has 1 N–H and O–H groups in total. The van der Waals surface area contributed by atoms with E-state index in [4.69, 9.17) is 9.57 Å². The molecule has 1 saturated carbocycles. The second-order valence-electron chi connectivity index (χ2n) is 5.20. The van der Waals surface area contributed by atoms with Crippen LogP contribution in [-0.4, -0.2) is 25.4 Å². The van der Waals surface area contributed by atoms with Crippen molar-refractivity contribution in [3.05, 3.63) is 0 Å². The van der Waals surface area contributed by atoms with E-state index >= 15 is 0 Å². The second-order valence-corrected chi connectivity index (χ2v) is 5.20. The maximum Gasteiger partial charge on any atom is 0.0790 e. The average Bonchev–Trinajstić information content (AvgIpc) is 2.71. The minimum atomic E-state index is 0.207. The van der Waals surface area contributed by atoms with Crippen LogP contribution in [0.4, 0.5) is 0 Å². The van der Waals surface area contributed by atoms with Gasteiger partial charge in [0, 0.05) is 5.41 Å². The van der Waals surface area contributed by atoms with E-state index in [1.54, 1.807) is 0 Å². The Morgan fingerprint density at radius 1 is 1.29 bits per heavy atom. The van der Waals surface area contributed by atoms with Gasteiger partial charge < -0.3 is 4.74 Å². The first-order chi connectivity index (χ1) is 6.68. The predicted octanol–water partition coefficient (Wildman–Crippen LogP) is 1.88. The van der Waals surface area contributed by atoms with Gasteiger partial charge in [-0.25, -0.2) is 0 Å². The summed E-state index contributed by atoms with van der Waals surface area (Å²) < 4.78 is 5.45. The van der Waals surface area contributed by atoms with Crippen molar-refractivity contribution in [1.82, 2.24) is 5.48 Å². The molecule has 1 unspecified atom stereocenters. The van der Waals surface area contributed by atoms with Crippen LogP contribution in [0.15, 0.2) is 0 Å². The molecule has 3 heteroatoms. The molecule has 0 amide bonds. The largest absolute Gasteiger partial charge is 0.379 e. The fourth-order valence-electron chi connectivity index (χ4n) is 2.14. The summed E-state index contributed by atoms with van der Waals surface area (Å²) in [5, 5.41) is 0. The summed E-state index contributed by atoms with van der Waals surface area (Å²) in [5.41, 5.74) is 3.40. The number of hydroxylamine groups is 1. The lowest BCUT2D eigenvalue weighted by Gasteiger charge is -2.26. The molecule has 0 bridgehead atoms. The lowest BCUT2D eigenvalue weighted by molar-refractivity contribution is -0.0535. The minimum Gasteiger partial charge on any atom is -0.379 e. The van der Waals surface area contributed by atoms with E-state index in [1.165, 1.54) is 25.7 Å². The van der Waals surface area contributed by atoms with Crippen LogP contribution in [-0.2, 0) is 9.57 Å². The Bertz CT molecular complexity index is 188. The van der Waals surface area contributed by atoms with Gasteiger partial charge >= 0.3 is 0 Å². The standard InChI is InChI=1S/C11H21NO2/c1-11(2)8-13-7-10(11)12-14-9-5-3-4-6-9/h9-10,12H,3-8H2,1-2H3. The smallest absolute Gasteiger partial charge is 0.0790 e. The Labute approximate surface area is 86.1 Å². The van der Waals surface area contributed by atoms with E-state index < -0.39 is 0 Å². The normalized spacial score (nSPS) is 32.6. The molecule has 82 valence electrons. The first kappa shape index (κ1) is 10.4. The lowest BCUT2D eigenvalue weighted by atomic mass is 9.89. The Balaban J connectivity index is 1.74. The average molecular weight is 199 g/mol. The molecule has 1 heterocycles. The third kappa shape index (κ3) is 2.27. The van der Waals surface area contributed by atoms with Crippen LogP contribution in [0.25, 0.3) is 0 Å². The first-order valence-corrected chi connectivity index (χ1v) is 5.67. The summed E-state index contributed by atoms with van der Waals surface area (Å²) in [6.07, 6.45) is 5.49. The monoisotopic (exact) mass is 199 g/mol. The van der Waals surface area contributed by atoms with Crippen LogP contribution in [0.5, 0.6) is 0 Å². The van der Waals surface area contributed by atoms with Crippen LogP contribution < -0.4 is 5.48 Å². The highest BCUT2D eigenvalue weighted by molar-refractivity contribution is 4.86. The van der Waals surface area contributed by atoms with E-state index in [0.29, 0.717) is 12.1 Å². The number of hydrogen-bond donors (Lipinski definition) is 1. The van der Waals surface area contributed by atoms with E-state index in [-0.39, 0.29) is 5.41 Å². The molecule has 0 aromatic rings. The Morgan fingerprint density at radius 2 is 2.00 bits per heavy atom. The zero-order valence-electron chi connectivity index (χ0n) is 9.21. The third-order valence-electron chi connectivity index (χ3n) is 3.38. The summed E-state index contributed by atoms with van der Waals surface area (Å²) >= 11 is 0. The van der Waals surface area contributed by atoms with Crippen molar-refractivity contribution in [1.29, 1.82) is 0 Å². The Hall–Kier alpha value is -0.120. The van der Waals surface area contributed by atoms with Crippen molar-refractivity contribution < 1.29 is 9.57 Å². The molecule has 0 radical (unpaired) electrons. The zero-order valence-corrected chi connectivity index (χ0v) is 9.21. The number of ether oxygens (including phenoxy) is 1. The molecular formula is C11H21NO2. The lowest BCUT2D eigenvalue weighted by Crippen LogP contribution is -2.42. The van der Waals surface area contributed by atoms with Crippen LogP contribution in [0.3, 0.4) is 0 Å². The van der Waals surface area contributed by atoms with Gasteiger partial charge in [-0.05, 0) is 12.8 Å².